The zero-order chi connectivity index (χ0) is 15.7. The highest BCUT2D eigenvalue weighted by molar-refractivity contribution is 6.01. The van der Waals surface area contributed by atoms with Crippen LogP contribution in [0.15, 0.2) is 23.8 Å². The monoisotopic (exact) mass is 302 g/mol. The van der Waals surface area contributed by atoms with E-state index >= 15 is 0 Å². The zero-order valence-corrected chi connectivity index (χ0v) is 13.5. The van der Waals surface area contributed by atoms with Gasteiger partial charge in [-0.05, 0) is 67.4 Å². The fraction of sp³-hybridized carbons (Fsp3) is 0.737. The molecule has 4 aliphatic carbocycles. The van der Waals surface area contributed by atoms with E-state index in [1.807, 2.05) is 6.08 Å². The predicted molar refractivity (Wildman–Crippen MR) is 84.0 cm³/mol. The average molecular weight is 302 g/mol. The molecule has 0 heterocycles. The Balaban J connectivity index is 1.71. The maximum absolute atomic E-state index is 11.7. The third-order valence-corrected chi connectivity index (χ3v) is 7.53. The molecule has 0 bridgehead atoms. The number of aliphatic hydroxyl groups excluding tert-OH is 2. The molecule has 4 rings (SSSR count). The number of aliphatic hydroxyl groups is 2. The van der Waals surface area contributed by atoms with Crippen LogP contribution in [0.25, 0.3) is 0 Å². The Morgan fingerprint density at radius 1 is 1.18 bits per heavy atom. The first kappa shape index (κ1) is 14.6. The fourth-order valence-corrected chi connectivity index (χ4v) is 6.19. The lowest BCUT2D eigenvalue weighted by atomic mass is 9.48. The molecule has 0 aromatic heterocycles. The van der Waals surface area contributed by atoms with Crippen molar-refractivity contribution in [2.24, 2.45) is 28.6 Å². The smallest absolute Gasteiger partial charge is 0.178 e. The summed E-state index contributed by atoms with van der Waals surface area (Å²) in [4.78, 5) is 11.7. The molecule has 3 nitrogen and oxygen atoms in total. The minimum atomic E-state index is -0.577. The van der Waals surface area contributed by atoms with Crippen molar-refractivity contribution in [2.75, 3.05) is 0 Å². The van der Waals surface area contributed by atoms with Gasteiger partial charge < -0.3 is 10.2 Å². The second-order valence-electron chi connectivity index (χ2n) is 8.40. The van der Waals surface area contributed by atoms with Crippen molar-refractivity contribution in [3.05, 3.63) is 23.8 Å². The molecule has 120 valence electrons. The number of carbonyl (C=O) groups excluding carboxylic acids is 1. The predicted octanol–water partition coefficient (Wildman–Crippen LogP) is 2.63. The van der Waals surface area contributed by atoms with E-state index in [2.05, 4.69) is 19.9 Å². The van der Waals surface area contributed by atoms with E-state index in [0.29, 0.717) is 17.8 Å². The largest absolute Gasteiger partial charge is 0.390 e. The van der Waals surface area contributed by atoms with Gasteiger partial charge in [-0.2, -0.15) is 0 Å². The maximum Gasteiger partial charge on any atom is 0.178 e. The van der Waals surface area contributed by atoms with Gasteiger partial charge in [0.15, 0.2) is 5.78 Å². The molecule has 0 radical (unpaired) electrons. The molecule has 3 heteroatoms. The molecule has 4 aliphatic rings. The van der Waals surface area contributed by atoms with Gasteiger partial charge in [0.2, 0.25) is 0 Å². The number of fused-ring (bicyclic) bond motifs is 5. The van der Waals surface area contributed by atoms with E-state index in [4.69, 9.17) is 0 Å². The van der Waals surface area contributed by atoms with Gasteiger partial charge in [0.05, 0.1) is 12.2 Å². The Hall–Kier alpha value is -0.930. The van der Waals surface area contributed by atoms with Crippen LogP contribution in [0.2, 0.25) is 0 Å². The summed E-state index contributed by atoms with van der Waals surface area (Å²) in [6.07, 6.45) is 9.42. The minimum Gasteiger partial charge on any atom is -0.390 e. The Bertz CT molecular complexity index is 577. The quantitative estimate of drug-likeness (QED) is 0.723. The van der Waals surface area contributed by atoms with Crippen LogP contribution in [-0.2, 0) is 4.79 Å². The highest BCUT2D eigenvalue weighted by Crippen LogP contribution is 2.64. The topological polar surface area (TPSA) is 57.5 Å². The van der Waals surface area contributed by atoms with Gasteiger partial charge in [0.25, 0.3) is 0 Å². The summed E-state index contributed by atoms with van der Waals surface area (Å²) in [5, 5.41) is 20.6. The molecule has 0 amide bonds. The normalized spacial score (nSPS) is 53.5. The van der Waals surface area contributed by atoms with Crippen LogP contribution in [-0.4, -0.2) is 28.2 Å². The lowest BCUT2D eigenvalue weighted by Crippen LogP contribution is -2.50. The summed E-state index contributed by atoms with van der Waals surface area (Å²) >= 11 is 0. The van der Waals surface area contributed by atoms with Gasteiger partial charge >= 0.3 is 0 Å². The van der Waals surface area contributed by atoms with Gasteiger partial charge in [-0.25, -0.2) is 0 Å². The van der Waals surface area contributed by atoms with Crippen molar-refractivity contribution in [3.8, 4) is 0 Å². The summed E-state index contributed by atoms with van der Waals surface area (Å²) in [6.45, 7) is 4.45. The molecular weight excluding hydrogens is 276 g/mol. The van der Waals surface area contributed by atoms with E-state index in [0.717, 1.165) is 32.1 Å². The molecule has 22 heavy (non-hydrogen) atoms. The van der Waals surface area contributed by atoms with Gasteiger partial charge in [0.1, 0.15) is 0 Å². The van der Waals surface area contributed by atoms with Crippen molar-refractivity contribution in [1.29, 1.82) is 0 Å². The summed E-state index contributed by atoms with van der Waals surface area (Å²) < 4.78 is 0. The zero-order valence-electron chi connectivity index (χ0n) is 13.5. The summed E-state index contributed by atoms with van der Waals surface area (Å²) in [5.74, 6) is 1.61. The highest BCUT2D eigenvalue weighted by atomic mass is 16.3. The third kappa shape index (κ3) is 1.73. The van der Waals surface area contributed by atoms with Crippen molar-refractivity contribution < 1.29 is 15.0 Å². The number of allylic oxidation sites excluding steroid dienone is 4. The Kier molecular flexibility index (Phi) is 3.03. The molecule has 3 fully saturated rings. The second-order valence-corrected chi connectivity index (χ2v) is 8.40. The van der Waals surface area contributed by atoms with Crippen LogP contribution >= 0.6 is 0 Å². The van der Waals surface area contributed by atoms with E-state index in [-0.39, 0.29) is 16.6 Å². The number of hydrogen-bond acceptors (Lipinski definition) is 3. The number of ketones is 1. The van der Waals surface area contributed by atoms with Gasteiger partial charge in [0, 0.05) is 5.41 Å². The van der Waals surface area contributed by atoms with E-state index in [1.54, 1.807) is 6.08 Å². The number of carbonyl (C=O) groups is 1. The summed E-state index contributed by atoms with van der Waals surface area (Å²) in [6, 6.07) is 0. The molecule has 0 saturated heterocycles. The average Bonchev–Trinajstić information content (AvgIpc) is 2.72. The molecule has 0 aromatic rings. The summed E-state index contributed by atoms with van der Waals surface area (Å²) in [7, 11) is 0. The molecule has 0 spiro atoms. The van der Waals surface area contributed by atoms with Crippen LogP contribution in [0.5, 0.6) is 0 Å². The second kappa shape index (κ2) is 4.55. The lowest BCUT2D eigenvalue weighted by molar-refractivity contribution is -0.111. The standard InChI is InChI=1S/C19H26O3/c1-18-7-5-12(20)9-11(18)3-4-13-14(18)6-8-19(2)15(13)10-16(21)17(19)22/h5,7,9,13-17,21-22H,3-4,6,8,10H2,1-2H3/t13-,14+,15+,16-,17+,18+,19+/m1/s1. The molecule has 7 atom stereocenters. The molecule has 2 N–H and O–H groups in total. The Morgan fingerprint density at radius 2 is 1.95 bits per heavy atom. The molecule has 0 aliphatic heterocycles. The molecule has 3 saturated carbocycles. The van der Waals surface area contributed by atoms with Crippen LogP contribution in [0.4, 0.5) is 0 Å². The SMILES string of the molecule is C[C@]12CC[C@H]3[C@@H](CCC4=CC(=O)C=C[C@@]43C)[C@@H]1C[C@@H](O)[C@@H]2O. The van der Waals surface area contributed by atoms with Crippen molar-refractivity contribution in [3.63, 3.8) is 0 Å². The Morgan fingerprint density at radius 3 is 2.73 bits per heavy atom. The van der Waals surface area contributed by atoms with Crippen LogP contribution in [0.3, 0.4) is 0 Å². The first-order chi connectivity index (χ1) is 10.4. The number of hydrogen-bond donors (Lipinski definition) is 2. The highest BCUT2D eigenvalue weighted by Gasteiger charge is 2.60. The van der Waals surface area contributed by atoms with Gasteiger partial charge in [-0.3, -0.25) is 4.79 Å². The summed E-state index contributed by atoms with van der Waals surface area (Å²) in [5.41, 5.74) is 1.16. The maximum atomic E-state index is 11.7. The molecule has 0 aromatic carbocycles. The van der Waals surface area contributed by atoms with Gasteiger partial charge in [-0.15, -0.1) is 0 Å². The lowest BCUT2D eigenvalue weighted by Gasteiger charge is -2.56. The van der Waals surface area contributed by atoms with Crippen molar-refractivity contribution >= 4 is 5.78 Å². The van der Waals surface area contributed by atoms with Crippen LogP contribution < -0.4 is 0 Å². The van der Waals surface area contributed by atoms with E-state index in [9.17, 15) is 15.0 Å². The van der Waals surface area contributed by atoms with E-state index in [1.165, 1.54) is 5.57 Å². The van der Waals surface area contributed by atoms with E-state index < -0.39 is 12.2 Å². The Labute approximate surface area is 132 Å². The first-order valence-electron chi connectivity index (χ1n) is 8.66. The molecular formula is C19H26O3. The molecule has 0 unspecified atom stereocenters. The fourth-order valence-electron chi connectivity index (χ4n) is 6.19. The van der Waals surface area contributed by atoms with Crippen LogP contribution in [0.1, 0.15) is 46.0 Å². The minimum absolute atomic E-state index is 0.00332. The van der Waals surface area contributed by atoms with Crippen LogP contribution in [0, 0.1) is 28.6 Å². The first-order valence-corrected chi connectivity index (χ1v) is 8.66. The van der Waals surface area contributed by atoms with Gasteiger partial charge in [-0.1, -0.05) is 25.5 Å². The third-order valence-electron chi connectivity index (χ3n) is 7.53. The van der Waals surface area contributed by atoms with Crippen molar-refractivity contribution in [2.45, 2.75) is 58.2 Å². The number of rotatable bonds is 0. The van der Waals surface area contributed by atoms with Crippen molar-refractivity contribution in [1.82, 2.24) is 0 Å².